The molecule has 1 aromatic carbocycles. The summed E-state index contributed by atoms with van der Waals surface area (Å²) in [7, 11) is 1.68. The van der Waals surface area contributed by atoms with Gasteiger partial charge in [0, 0.05) is 0 Å². The maximum Gasteiger partial charge on any atom is 0.119 e. The van der Waals surface area contributed by atoms with Gasteiger partial charge < -0.3 is 9.84 Å². The van der Waals surface area contributed by atoms with Crippen molar-refractivity contribution >= 4 is 0 Å². The number of hydrogen-bond acceptors (Lipinski definition) is 2. The van der Waals surface area contributed by atoms with Gasteiger partial charge in [0.15, 0.2) is 0 Å². The molecular formula is C16H24O2. The van der Waals surface area contributed by atoms with Gasteiger partial charge in [0.2, 0.25) is 0 Å². The zero-order valence-electron chi connectivity index (χ0n) is 11.5. The Morgan fingerprint density at radius 1 is 1.28 bits per heavy atom. The van der Waals surface area contributed by atoms with Crippen LogP contribution in [0.3, 0.4) is 0 Å². The summed E-state index contributed by atoms with van der Waals surface area (Å²) < 4.78 is 5.26. The Balaban J connectivity index is 2.08. The van der Waals surface area contributed by atoms with Crippen molar-refractivity contribution in [3.63, 3.8) is 0 Å². The molecule has 0 aromatic heterocycles. The normalized spacial score (nSPS) is 21.9. The standard InChI is InChI=1S/C16H24O2/c1-3-4-5-6-10-16(17)11-9-13-7-8-14(18-2)12-15(13)16/h7-8,12,17H,3-6,9-11H2,1-2H3. The highest BCUT2D eigenvalue weighted by Crippen LogP contribution is 2.42. The Morgan fingerprint density at radius 2 is 2.11 bits per heavy atom. The van der Waals surface area contributed by atoms with E-state index in [1.807, 2.05) is 12.1 Å². The van der Waals surface area contributed by atoms with E-state index in [2.05, 4.69) is 13.0 Å². The lowest BCUT2D eigenvalue weighted by Gasteiger charge is -2.24. The predicted octanol–water partition coefficient (Wildman–Crippen LogP) is 3.80. The largest absolute Gasteiger partial charge is 0.497 e. The quantitative estimate of drug-likeness (QED) is 0.776. The highest BCUT2D eigenvalue weighted by molar-refractivity contribution is 5.42. The second-order valence-corrected chi connectivity index (χ2v) is 5.37. The minimum absolute atomic E-state index is 0.613. The summed E-state index contributed by atoms with van der Waals surface area (Å²) >= 11 is 0. The Kier molecular flexibility index (Phi) is 4.28. The van der Waals surface area contributed by atoms with E-state index in [4.69, 9.17) is 4.74 Å². The van der Waals surface area contributed by atoms with E-state index in [0.29, 0.717) is 0 Å². The van der Waals surface area contributed by atoms with Gasteiger partial charge in [0.25, 0.3) is 0 Å². The van der Waals surface area contributed by atoms with Gasteiger partial charge in [0.1, 0.15) is 5.75 Å². The van der Waals surface area contributed by atoms with Gasteiger partial charge in [-0.2, -0.15) is 0 Å². The molecule has 2 nitrogen and oxygen atoms in total. The van der Waals surface area contributed by atoms with Gasteiger partial charge in [-0.15, -0.1) is 0 Å². The lowest BCUT2D eigenvalue weighted by molar-refractivity contribution is 0.0266. The molecule has 2 heteroatoms. The number of aliphatic hydroxyl groups is 1. The zero-order valence-corrected chi connectivity index (χ0v) is 11.5. The van der Waals surface area contributed by atoms with Crippen molar-refractivity contribution in [1.29, 1.82) is 0 Å². The van der Waals surface area contributed by atoms with Crippen LogP contribution in [0.4, 0.5) is 0 Å². The molecule has 18 heavy (non-hydrogen) atoms. The highest BCUT2D eigenvalue weighted by atomic mass is 16.5. The average molecular weight is 248 g/mol. The van der Waals surface area contributed by atoms with Crippen LogP contribution in [0, 0.1) is 0 Å². The molecule has 2 rings (SSSR count). The van der Waals surface area contributed by atoms with Gasteiger partial charge >= 0.3 is 0 Å². The summed E-state index contributed by atoms with van der Waals surface area (Å²) in [6.07, 6.45) is 7.57. The molecule has 1 unspecified atom stereocenters. The van der Waals surface area contributed by atoms with Gasteiger partial charge in [-0.25, -0.2) is 0 Å². The van der Waals surface area contributed by atoms with E-state index in [0.717, 1.165) is 37.0 Å². The van der Waals surface area contributed by atoms with Gasteiger partial charge in [0.05, 0.1) is 12.7 Å². The lowest BCUT2D eigenvalue weighted by atomic mass is 9.89. The summed E-state index contributed by atoms with van der Waals surface area (Å²) in [5.41, 5.74) is 1.77. The molecule has 0 saturated heterocycles. The molecule has 1 N–H and O–H groups in total. The van der Waals surface area contributed by atoms with Gasteiger partial charge in [-0.3, -0.25) is 0 Å². The number of ether oxygens (including phenoxy) is 1. The third kappa shape index (κ3) is 2.69. The summed E-state index contributed by atoms with van der Waals surface area (Å²) in [5, 5.41) is 10.8. The topological polar surface area (TPSA) is 29.5 Å². The van der Waals surface area contributed by atoms with Crippen LogP contribution in [0.15, 0.2) is 18.2 Å². The van der Waals surface area contributed by atoms with E-state index in [1.54, 1.807) is 7.11 Å². The number of unbranched alkanes of at least 4 members (excludes halogenated alkanes) is 3. The SMILES string of the molecule is CCCCCCC1(O)CCc2ccc(OC)cc21. The number of methoxy groups -OCH3 is 1. The van der Waals surface area contributed by atoms with Crippen molar-refractivity contribution in [1.82, 2.24) is 0 Å². The van der Waals surface area contributed by atoms with Crippen LogP contribution in [0.25, 0.3) is 0 Å². The van der Waals surface area contributed by atoms with Gasteiger partial charge in [-0.05, 0) is 42.5 Å². The first-order chi connectivity index (χ1) is 8.69. The monoisotopic (exact) mass is 248 g/mol. The number of rotatable bonds is 6. The molecule has 0 radical (unpaired) electrons. The molecule has 1 atom stereocenters. The third-order valence-corrected chi connectivity index (χ3v) is 4.07. The molecule has 0 saturated carbocycles. The first-order valence-corrected chi connectivity index (χ1v) is 7.09. The molecule has 0 fully saturated rings. The fraction of sp³-hybridized carbons (Fsp3) is 0.625. The molecule has 0 aliphatic heterocycles. The Labute approximate surface area is 110 Å². The minimum Gasteiger partial charge on any atom is -0.497 e. The summed E-state index contributed by atoms with van der Waals surface area (Å²) in [4.78, 5) is 0. The molecular weight excluding hydrogens is 224 g/mol. The summed E-state index contributed by atoms with van der Waals surface area (Å²) in [5.74, 6) is 0.850. The molecule has 100 valence electrons. The van der Waals surface area contributed by atoms with E-state index < -0.39 is 5.60 Å². The van der Waals surface area contributed by atoms with Crippen molar-refractivity contribution in [2.75, 3.05) is 7.11 Å². The predicted molar refractivity (Wildman–Crippen MR) is 74.0 cm³/mol. The van der Waals surface area contributed by atoms with Crippen LogP contribution < -0.4 is 4.74 Å². The Hall–Kier alpha value is -1.02. The van der Waals surface area contributed by atoms with E-state index in [-0.39, 0.29) is 0 Å². The van der Waals surface area contributed by atoms with Crippen LogP contribution >= 0.6 is 0 Å². The molecule has 1 aromatic rings. The average Bonchev–Trinajstić information content (AvgIpc) is 2.72. The minimum atomic E-state index is -0.613. The van der Waals surface area contributed by atoms with Crippen molar-refractivity contribution in [3.05, 3.63) is 29.3 Å². The fourth-order valence-electron chi connectivity index (χ4n) is 2.91. The summed E-state index contributed by atoms with van der Waals surface area (Å²) in [6, 6.07) is 6.10. The maximum absolute atomic E-state index is 10.8. The van der Waals surface area contributed by atoms with Crippen molar-refractivity contribution < 1.29 is 9.84 Å². The lowest BCUT2D eigenvalue weighted by Crippen LogP contribution is -2.22. The van der Waals surface area contributed by atoms with E-state index in [1.165, 1.54) is 24.8 Å². The van der Waals surface area contributed by atoms with Crippen LogP contribution in [-0.4, -0.2) is 12.2 Å². The molecule has 1 aliphatic rings. The third-order valence-electron chi connectivity index (χ3n) is 4.07. The van der Waals surface area contributed by atoms with Crippen molar-refractivity contribution in [3.8, 4) is 5.75 Å². The summed E-state index contributed by atoms with van der Waals surface area (Å²) in [6.45, 7) is 2.21. The Morgan fingerprint density at radius 3 is 2.83 bits per heavy atom. The Bertz CT molecular complexity index is 400. The second-order valence-electron chi connectivity index (χ2n) is 5.37. The molecule has 0 amide bonds. The van der Waals surface area contributed by atoms with Crippen LogP contribution in [0.2, 0.25) is 0 Å². The molecule has 0 spiro atoms. The molecule has 1 aliphatic carbocycles. The fourth-order valence-corrected chi connectivity index (χ4v) is 2.91. The number of fused-ring (bicyclic) bond motifs is 1. The van der Waals surface area contributed by atoms with Crippen LogP contribution in [0.5, 0.6) is 5.75 Å². The van der Waals surface area contributed by atoms with Crippen LogP contribution in [0.1, 0.15) is 56.6 Å². The second kappa shape index (κ2) is 5.75. The maximum atomic E-state index is 10.8. The number of hydrogen-bond donors (Lipinski definition) is 1. The smallest absolute Gasteiger partial charge is 0.119 e. The van der Waals surface area contributed by atoms with Crippen molar-refractivity contribution in [2.24, 2.45) is 0 Å². The highest BCUT2D eigenvalue weighted by Gasteiger charge is 2.36. The van der Waals surface area contributed by atoms with Crippen molar-refractivity contribution in [2.45, 2.75) is 57.5 Å². The molecule has 0 heterocycles. The number of aryl methyl sites for hydroxylation is 1. The number of benzene rings is 1. The van der Waals surface area contributed by atoms with E-state index >= 15 is 0 Å². The first kappa shape index (κ1) is 13.4. The zero-order chi connectivity index (χ0) is 13.0. The first-order valence-electron chi connectivity index (χ1n) is 7.09. The van der Waals surface area contributed by atoms with Gasteiger partial charge in [-0.1, -0.05) is 38.7 Å². The molecule has 0 bridgehead atoms. The van der Waals surface area contributed by atoms with E-state index in [9.17, 15) is 5.11 Å². The van der Waals surface area contributed by atoms with Crippen LogP contribution in [-0.2, 0) is 12.0 Å².